The van der Waals surface area contributed by atoms with Crippen LogP contribution in [0.5, 0.6) is 0 Å². The summed E-state index contributed by atoms with van der Waals surface area (Å²) < 4.78 is 0. The van der Waals surface area contributed by atoms with E-state index in [1.54, 1.807) is 19.1 Å². The lowest BCUT2D eigenvalue weighted by atomic mass is 10.1. The molecule has 2 N–H and O–H groups in total. The van der Waals surface area contributed by atoms with E-state index in [2.05, 4.69) is 25.5 Å². The van der Waals surface area contributed by atoms with Gasteiger partial charge in [-0.1, -0.05) is 12.1 Å². The number of nitrogens with one attached hydrogen (secondary N) is 2. The van der Waals surface area contributed by atoms with Crippen LogP contribution in [-0.4, -0.2) is 29.8 Å². The van der Waals surface area contributed by atoms with Gasteiger partial charge in [-0.25, -0.2) is 4.98 Å². The molecule has 0 amide bonds. The molecule has 3 aromatic rings. The molecule has 1 heterocycles. The Labute approximate surface area is 159 Å². The number of carbonyl (C=O) groups is 1. The summed E-state index contributed by atoms with van der Waals surface area (Å²) in [7, 11) is 4.02. The lowest BCUT2D eigenvalue weighted by molar-refractivity contribution is 0.101. The highest BCUT2D eigenvalue weighted by molar-refractivity contribution is 5.95. The molecule has 138 valence electrons. The van der Waals surface area contributed by atoms with E-state index >= 15 is 0 Å². The van der Waals surface area contributed by atoms with Crippen LogP contribution in [0.15, 0.2) is 54.6 Å². The molecule has 6 heteroatoms. The van der Waals surface area contributed by atoms with Crippen LogP contribution in [0.2, 0.25) is 0 Å². The summed E-state index contributed by atoms with van der Waals surface area (Å²) in [6.45, 7) is 3.46. The number of benzene rings is 2. The summed E-state index contributed by atoms with van der Waals surface area (Å²) in [5.74, 6) is 1.20. The van der Waals surface area contributed by atoms with Crippen LogP contribution in [0.1, 0.15) is 23.0 Å². The maximum Gasteiger partial charge on any atom is 0.229 e. The molecule has 3 rings (SSSR count). The van der Waals surface area contributed by atoms with Crippen LogP contribution in [0.4, 0.5) is 28.8 Å². The van der Waals surface area contributed by atoms with Gasteiger partial charge in [0.15, 0.2) is 5.78 Å². The van der Waals surface area contributed by atoms with Crippen molar-refractivity contribution in [3.05, 3.63) is 65.9 Å². The molecule has 0 fully saturated rings. The molecule has 0 unspecified atom stereocenters. The summed E-state index contributed by atoms with van der Waals surface area (Å²) in [4.78, 5) is 22.6. The molecule has 0 atom stereocenters. The van der Waals surface area contributed by atoms with E-state index in [9.17, 15) is 4.79 Å². The second-order valence-electron chi connectivity index (χ2n) is 6.55. The maximum absolute atomic E-state index is 11.6. The Bertz CT molecular complexity index is 951. The van der Waals surface area contributed by atoms with Gasteiger partial charge in [0, 0.05) is 48.5 Å². The van der Waals surface area contributed by atoms with Gasteiger partial charge in [-0.3, -0.25) is 4.79 Å². The fourth-order valence-corrected chi connectivity index (χ4v) is 2.62. The first-order chi connectivity index (χ1) is 12.9. The van der Waals surface area contributed by atoms with E-state index in [-0.39, 0.29) is 5.78 Å². The van der Waals surface area contributed by atoms with Crippen molar-refractivity contribution in [1.82, 2.24) is 9.97 Å². The van der Waals surface area contributed by atoms with Crippen molar-refractivity contribution in [2.24, 2.45) is 0 Å². The third-order valence-corrected chi connectivity index (χ3v) is 4.04. The van der Waals surface area contributed by atoms with Crippen molar-refractivity contribution in [3.63, 3.8) is 0 Å². The quantitative estimate of drug-likeness (QED) is 0.628. The molecular formula is C21H23N5O. The minimum atomic E-state index is 0.0207. The van der Waals surface area contributed by atoms with Crippen LogP contribution in [-0.2, 0) is 0 Å². The van der Waals surface area contributed by atoms with Gasteiger partial charge in [0.2, 0.25) is 5.95 Å². The molecule has 1 aromatic heterocycles. The van der Waals surface area contributed by atoms with Crippen molar-refractivity contribution in [2.75, 3.05) is 29.6 Å². The van der Waals surface area contributed by atoms with Gasteiger partial charge in [-0.2, -0.15) is 4.98 Å². The van der Waals surface area contributed by atoms with Gasteiger partial charge in [0.25, 0.3) is 0 Å². The van der Waals surface area contributed by atoms with E-state index in [1.807, 2.05) is 63.5 Å². The summed E-state index contributed by atoms with van der Waals surface area (Å²) in [5, 5.41) is 6.47. The van der Waals surface area contributed by atoms with Gasteiger partial charge in [0.05, 0.1) is 0 Å². The fraction of sp³-hybridized carbons (Fsp3) is 0.190. The van der Waals surface area contributed by atoms with Gasteiger partial charge >= 0.3 is 0 Å². The van der Waals surface area contributed by atoms with Crippen LogP contribution >= 0.6 is 0 Å². The Morgan fingerprint density at radius 2 is 1.67 bits per heavy atom. The Kier molecular flexibility index (Phi) is 5.35. The number of aryl methyl sites for hydroxylation is 1. The van der Waals surface area contributed by atoms with E-state index in [0.717, 1.165) is 22.8 Å². The van der Waals surface area contributed by atoms with Crippen LogP contribution < -0.4 is 15.5 Å². The first kappa shape index (κ1) is 18.4. The zero-order valence-corrected chi connectivity index (χ0v) is 15.9. The summed E-state index contributed by atoms with van der Waals surface area (Å²) >= 11 is 0. The van der Waals surface area contributed by atoms with Crippen molar-refractivity contribution in [1.29, 1.82) is 0 Å². The Balaban J connectivity index is 1.80. The monoisotopic (exact) mass is 361 g/mol. The predicted octanol–water partition coefficient (Wildman–Crippen LogP) is 4.54. The third kappa shape index (κ3) is 4.82. The maximum atomic E-state index is 11.6. The third-order valence-electron chi connectivity index (χ3n) is 4.04. The highest BCUT2D eigenvalue weighted by Gasteiger charge is 2.06. The normalized spacial score (nSPS) is 10.4. The number of hydrogen-bond acceptors (Lipinski definition) is 6. The van der Waals surface area contributed by atoms with Gasteiger partial charge in [-0.15, -0.1) is 0 Å². The lowest BCUT2D eigenvalue weighted by Crippen LogP contribution is -2.08. The molecule has 0 spiro atoms. The molecular weight excluding hydrogens is 338 g/mol. The molecule has 27 heavy (non-hydrogen) atoms. The summed E-state index contributed by atoms with van der Waals surface area (Å²) in [6, 6.07) is 17.3. The molecule has 6 nitrogen and oxygen atoms in total. The first-order valence-electron chi connectivity index (χ1n) is 8.69. The van der Waals surface area contributed by atoms with Crippen molar-refractivity contribution in [2.45, 2.75) is 13.8 Å². The van der Waals surface area contributed by atoms with Gasteiger partial charge in [0.1, 0.15) is 5.82 Å². The molecule has 0 aliphatic carbocycles. The number of anilines is 5. The van der Waals surface area contributed by atoms with Crippen molar-refractivity contribution in [3.8, 4) is 0 Å². The Morgan fingerprint density at radius 3 is 2.33 bits per heavy atom. The minimum Gasteiger partial charge on any atom is -0.378 e. The Hall–Kier alpha value is -3.41. The van der Waals surface area contributed by atoms with Crippen LogP contribution in [0.3, 0.4) is 0 Å². The minimum absolute atomic E-state index is 0.0207. The lowest BCUT2D eigenvalue weighted by Gasteiger charge is -2.14. The molecule has 0 aliphatic rings. The number of carbonyl (C=O) groups excluding carboxylic acids is 1. The molecule has 0 aliphatic heterocycles. The average Bonchev–Trinajstić information content (AvgIpc) is 2.62. The zero-order chi connectivity index (χ0) is 19.4. The number of nitrogens with zero attached hydrogens (tertiary/aromatic N) is 3. The SMILES string of the molecule is CC(=O)c1cccc(Nc2nc(C)cc(Nc3ccc(N(C)C)cc3)n2)c1. The molecule has 0 bridgehead atoms. The van der Waals surface area contributed by atoms with Crippen LogP contribution in [0, 0.1) is 6.92 Å². The highest BCUT2D eigenvalue weighted by Crippen LogP contribution is 2.22. The van der Waals surface area contributed by atoms with E-state index in [0.29, 0.717) is 17.3 Å². The standard InChI is InChI=1S/C21H23N5O/c1-14-12-20(23-17-8-10-19(11-9-17)26(3)4)25-21(22-14)24-18-7-5-6-16(13-18)15(2)27/h5-13H,1-4H3,(H2,22,23,24,25). The smallest absolute Gasteiger partial charge is 0.229 e. The van der Waals surface area contributed by atoms with E-state index in [1.165, 1.54) is 0 Å². The van der Waals surface area contributed by atoms with Crippen molar-refractivity contribution < 1.29 is 4.79 Å². The zero-order valence-electron chi connectivity index (χ0n) is 15.9. The molecule has 2 aromatic carbocycles. The van der Waals surface area contributed by atoms with Crippen molar-refractivity contribution >= 4 is 34.6 Å². The number of ketones is 1. The number of Topliss-reactive ketones (excluding diaryl/α,β-unsaturated/α-hetero) is 1. The van der Waals surface area contributed by atoms with E-state index in [4.69, 9.17) is 0 Å². The number of aromatic nitrogens is 2. The molecule has 0 radical (unpaired) electrons. The van der Waals surface area contributed by atoms with Crippen LogP contribution in [0.25, 0.3) is 0 Å². The Morgan fingerprint density at radius 1 is 0.926 bits per heavy atom. The second-order valence-corrected chi connectivity index (χ2v) is 6.55. The molecule has 0 saturated carbocycles. The highest BCUT2D eigenvalue weighted by atomic mass is 16.1. The largest absolute Gasteiger partial charge is 0.378 e. The first-order valence-corrected chi connectivity index (χ1v) is 8.69. The second kappa shape index (κ2) is 7.86. The van der Waals surface area contributed by atoms with E-state index < -0.39 is 0 Å². The van der Waals surface area contributed by atoms with Gasteiger partial charge < -0.3 is 15.5 Å². The number of hydrogen-bond donors (Lipinski definition) is 2. The topological polar surface area (TPSA) is 70.2 Å². The average molecular weight is 361 g/mol. The summed E-state index contributed by atoms with van der Waals surface area (Å²) in [6.07, 6.45) is 0. The fourth-order valence-electron chi connectivity index (χ4n) is 2.62. The summed E-state index contributed by atoms with van der Waals surface area (Å²) in [5.41, 5.74) is 4.33. The number of rotatable bonds is 6. The molecule has 0 saturated heterocycles. The predicted molar refractivity (Wildman–Crippen MR) is 111 cm³/mol. The van der Waals surface area contributed by atoms with Gasteiger partial charge in [-0.05, 0) is 50.2 Å².